The number of hydrogen-bond acceptors (Lipinski definition) is 3. The van der Waals surface area contributed by atoms with Gasteiger partial charge in [-0.1, -0.05) is 0 Å². The van der Waals surface area contributed by atoms with Gasteiger partial charge >= 0.3 is 12.1 Å². The molecule has 0 spiro atoms. The molecule has 0 rings (SSSR count). The largest absolute Gasteiger partial charge is 1.00 e. The molecule has 0 amide bonds. The maximum atomic E-state index is 12.9. The Morgan fingerprint density at radius 1 is 1.32 bits per heavy atom. The molecule has 4 nitrogen and oxygen atoms in total. The average Bonchev–Trinajstić information content (AvgIpc) is 2.13. The molecule has 0 radical (unpaired) electrons. The molecule has 0 unspecified atom stereocenters. The predicted molar refractivity (Wildman–Crippen MR) is 61.6 cm³/mol. The number of esters is 1. The molecule has 0 N–H and O–H groups in total. The summed E-state index contributed by atoms with van der Waals surface area (Å²) >= 11 is 0. The molecule has 8 heteroatoms. The summed E-state index contributed by atoms with van der Waals surface area (Å²) in [4.78, 5) is 13.0. The molecular formula is C11H18ClF3N2O2. The third kappa shape index (κ3) is 6.47. The van der Waals surface area contributed by atoms with Gasteiger partial charge < -0.3 is 22.0 Å². The Bertz CT molecular complexity index is 373. The summed E-state index contributed by atoms with van der Waals surface area (Å²) in [7, 11) is 5.52. The lowest BCUT2D eigenvalue weighted by molar-refractivity contribution is -0.472. The molecule has 0 atom stereocenters. The highest BCUT2D eigenvalue weighted by atomic mass is 35.5. The molecule has 0 aliphatic heterocycles. The van der Waals surface area contributed by atoms with Crippen molar-refractivity contribution in [1.82, 2.24) is 4.90 Å². The molecule has 0 bridgehead atoms. The van der Waals surface area contributed by atoms with Crippen LogP contribution in [0.15, 0.2) is 11.8 Å². The van der Waals surface area contributed by atoms with E-state index in [9.17, 15) is 18.0 Å². The lowest BCUT2D eigenvalue weighted by Crippen LogP contribution is -3.00. The first kappa shape index (κ1) is 20.1. The summed E-state index contributed by atoms with van der Waals surface area (Å²) in [6.45, 7) is 1.55. The van der Waals surface area contributed by atoms with Crippen LogP contribution in [0.1, 0.15) is 6.92 Å². The molecule has 0 aliphatic carbocycles. The molecular weight excluding hydrogens is 285 g/mol. The number of rotatable bonds is 4. The van der Waals surface area contributed by atoms with Gasteiger partial charge in [0.25, 0.3) is 5.71 Å². The molecule has 0 heterocycles. The van der Waals surface area contributed by atoms with Crippen molar-refractivity contribution in [1.29, 1.82) is 0 Å². The number of alkyl halides is 3. The number of carbonyl (C=O) groups is 1. The van der Waals surface area contributed by atoms with Crippen molar-refractivity contribution in [2.24, 2.45) is 0 Å². The van der Waals surface area contributed by atoms with Crippen LogP contribution in [-0.4, -0.2) is 62.1 Å². The Kier molecular flexibility index (Phi) is 8.50. The lowest BCUT2D eigenvalue weighted by Gasteiger charge is -2.13. The van der Waals surface area contributed by atoms with Crippen LogP contribution >= 0.6 is 0 Å². The molecule has 112 valence electrons. The van der Waals surface area contributed by atoms with E-state index in [1.54, 1.807) is 0 Å². The summed E-state index contributed by atoms with van der Waals surface area (Å²) in [5.74, 6) is -0.993. The zero-order valence-corrected chi connectivity index (χ0v) is 12.3. The standard InChI is InChI=1S/C11H18F3N2O2.ClH/c1-6-18-10(17)8(7-15(2)3)9(16(4)5)11(12,13)14;/h7H,6H2,1-5H3;1H/q+1;/p-1. The molecule has 0 aromatic rings. The third-order valence-corrected chi connectivity index (χ3v) is 1.85. The molecule has 0 aliphatic rings. The fourth-order valence-electron chi connectivity index (χ4n) is 1.32. The summed E-state index contributed by atoms with van der Waals surface area (Å²) < 4.78 is 44.3. The van der Waals surface area contributed by atoms with Gasteiger partial charge in [0.2, 0.25) is 0 Å². The number of nitrogens with zero attached hydrogens (tertiary/aromatic N) is 2. The quantitative estimate of drug-likeness (QED) is 0.268. The van der Waals surface area contributed by atoms with Gasteiger partial charge in [0.15, 0.2) is 5.57 Å². The van der Waals surface area contributed by atoms with Gasteiger partial charge in [0.05, 0.1) is 6.61 Å². The van der Waals surface area contributed by atoms with Crippen LogP contribution in [-0.2, 0) is 9.53 Å². The van der Waals surface area contributed by atoms with Gasteiger partial charge in [-0.3, -0.25) is 0 Å². The topological polar surface area (TPSA) is 32.5 Å². The summed E-state index contributed by atoms with van der Waals surface area (Å²) in [6.07, 6.45) is -3.53. The average molecular weight is 303 g/mol. The summed E-state index contributed by atoms with van der Waals surface area (Å²) in [5, 5.41) is 0. The van der Waals surface area contributed by atoms with Crippen molar-refractivity contribution in [3.63, 3.8) is 0 Å². The van der Waals surface area contributed by atoms with Crippen LogP contribution in [0, 0.1) is 0 Å². The van der Waals surface area contributed by atoms with Gasteiger partial charge in [-0.2, -0.15) is 13.2 Å². The smallest absolute Gasteiger partial charge is 0.477 e. The minimum Gasteiger partial charge on any atom is -1.00 e. The maximum Gasteiger partial charge on any atom is 0.477 e. The molecule has 0 saturated carbocycles. The summed E-state index contributed by atoms with van der Waals surface area (Å²) in [6, 6.07) is 0. The number of halogens is 4. The van der Waals surface area contributed by atoms with Crippen molar-refractivity contribution in [2.45, 2.75) is 13.1 Å². The van der Waals surface area contributed by atoms with E-state index < -0.39 is 23.4 Å². The van der Waals surface area contributed by atoms with E-state index in [0.717, 1.165) is 10.8 Å². The Labute approximate surface area is 116 Å². The fraction of sp³-hybridized carbons (Fsp3) is 0.636. The molecule has 0 fully saturated rings. The van der Waals surface area contributed by atoms with Crippen molar-refractivity contribution >= 4 is 11.7 Å². The second kappa shape index (κ2) is 8.04. The molecule has 0 aromatic carbocycles. The van der Waals surface area contributed by atoms with Crippen LogP contribution in [0.5, 0.6) is 0 Å². The number of hydrogen-bond donors (Lipinski definition) is 0. The zero-order chi connectivity index (χ0) is 14.5. The highest BCUT2D eigenvalue weighted by molar-refractivity contribution is 6.19. The minimum atomic E-state index is -4.63. The highest BCUT2D eigenvalue weighted by Gasteiger charge is 2.47. The number of ether oxygens (including phenoxy) is 1. The van der Waals surface area contributed by atoms with Gasteiger partial charge in [-0.05, 0) is 6.92 Å². The van der Waals surface area contributed by atoms with Crippen molar-refractivity contribution < 1.29 is 39.7 Å². The van der Waals surface area contributed by atoms with Crippen LogP contribution in [0.25, 0.3) is 0 Å². The van der Waals surface area contributed by atoms with E-state index >= 15 is 0 Å². The Morgan fingerprint density at radius 3 is 2.05 bits per heavy atom. The van der Waals surface area contributed by atoms with E-state index in [4.69, 9.17) is 0 Å². The minimum absolute atomic E-state index is 0. The first-order chi connectivity index (χ1) is 8.11. The van der Waals surface area contributed by atoms with Crippen LogP contribution < -0.4 is 12.4 Å². The van der Waals surface area contributed by atoms with Gasteiger partial charge in [0, 0.05) is 20.3 Å². The Balaban J connectivity index is 0. The monoisotopic (exact) mass is 302 g/mol. The van der Waals surface area contributed by atoms with Crippen molar-refractivity contribution in [3.8, 4) is 0 Å². The Morgan fingerprint density at radius 2 is 1.79 bits per heavy atom. The van der Waals surface area contributed by atoms with E-state index in [0.29, 0.717) is 0 Å². The van der Waals surface area contributed by atoms with Gasteiger partial charge in [-0.25, -0.2) is 9.37 Å². The van der Waals surface area contributed by atoms with E-state index in [-0.39, 0.29) is 19.0 Å². The van der Waals surface area contributed by atoms with Gasteiger partial charge in [-0.15, -0.1) is 0 Å². The molecule has 0 aromatic heterocycles. The van der Waals surface area contributed by atoms with Crippen molar-refractivity contribution in [3.05, 3.63) is 11.8 Å². The maximum absolute atomic E-state index is 12.9. The van der Waals surface area contributed by atoms with E-state index in [1.165, 1.54) is 40.0 Å². The predicted octanol–water partition coefficient (Wildman–Crippen LogP) is -1.73. The fourth-order valence-corrected chi connectivity index (χ4v) is 1.32. The normalized spacial score (nSPS) is 11.5. The lowest BCUT2D eigenvalue weighted by atomic mass is 10.1. The van der Waals surface area contributed by atoms with Crippen LogP contribution in [0.3, 0.4) is 0 Å². The third-order valence-electron chi connectivity index (χ3n) is 1.85. The SMILES string of the molecule is CCOC(=O)/C(=C\N(C)C)C(=[N+](C)C)C(F)(F)F.[Cl-]. The first-order valence-corrected chi connectivity index (χ1v) is 5.28. The van der Waals surface area contributed by atoms with Gasteiger partial charge in [0.1, 0.15) is 14.1 Å². The van der Waals surface area contributed by atoms with Crippen LogP contribution in [0.2, 0.25) is 0 Å². The second-order valence-corrected chi connectivity index (χ2v) is 3.97. The second-order valence-electron chi connectivity index (χ2n) is 3.97. The molecule has 0 saturated heterocycles. The van der Waals surface area contributed by atoms with Crippen molar-refractivity contribution in [2.75, 3.05) is 34.8 Å². The first-order valence-electron chi connectivity index (χ1n) is 5.28. The Hall–Kier alpha value is -1.24. The van der Waals surface area contributed by atoms with Crippen LogP contribution in [0.4, 0.5) is 13.2 Å². The highest BCUT2D eigenvalue weighted by Crippen LogP contribution is 2.22. The number of carbonyl (C=O) groups excluding carboxylic acids is 1. The molecule has 19 heavy (non-hydrogen) atoms. The zero-order valence-electron chi connectivity index (χ0n) is 11.5. The summed E-state index contributed by atoms with van der Waals surface area (Å²) in [5.41, 5.74) is -1.55. The van der Waals surface area contributed by atoms with E-state index in [1.807, 2.05) is 0 Å². The van der Waals surface area contributed by atoms with E-state index in [2.05, 4.69) is 4.74 Å².